The van der Waals surface area contributed by atoms with E-state index in [1.165, 1.54) is 0 Å². The molecular formula is C14H24N2O2. The number of hydrogen-bond donors (Lipinski definition) is 2. The first kappa shape index (κ1) is 15.0. The second-order valence-corrected chi connectivity index (χ2v) is 5.96. The largest absolute Gasteiger partial charge is 0.392 e. The number of nitriles is 1. The molecule has 0 aromatic carbocycles. The summed E-state index contributed by atoms with van der Waals surface area (Å²) in [5.41, 5.74) is -0.717. The third kappa shape index (κ3) is 3.99. The topological polar surface area (TPSA) is 73.1 Å². The normalized spacial score (nSPS) is 29.7. The Kier molecular flexibility index (Phi) is 5.15. The lowest BCUT2D eigenvalue weighted by molar-refractivity contribution is -0.125. The molecule has 1 aliphatic carbocycles. The lowest BCUT2D eigenvalue weighted by atomic mass is 9.77. The minimum Gasteiger partial charge on any atom is -0.392 e. The van der Waals surface area contributed by atoms with Gasteiger partial charge in [-0.05, 0) is 31.1 Å². The maximum Gasteiger partial charge on any atom is 0.223 e. The summed E-state index contributed by atoms with van der Waals surface area (Å²) in [7, 11) is 0. The SMILES string of the molecule is CC1CCCC(C#N)(NC(=O)CC(O)C(C)C)C1. The van der Waals surface area contributed by atoms with E-state index in [0.29, 0.717) is 12.3 Å². The van der Waals surface area contributed by atoms with Crippen LogP contribution in [0.3, 0.4) is 0 Å². The maximum atomic E-state index is 11.9. The summed E-state index contributed by atoms with van der Waals surface area (Å²) in [6, 6.07) is 2.27. The van der Waals surface area contributed by atoms with Gasteiger partial charge in [-0.15, -0.1) is 0 Å². The van der Waals surface area contributed by atoms with Crippen LogP contribution >= 0.6 is 0 Å². The van der Waals surface area contributed by atoms with Crippen LogP contribution in [0, 0.1) is 23.2 Å². The van der Waals surface area contributed by atoms with E-state index < -0.39 is 11.6 Å². The van der Waals surface area contributed by atoms with Crippen molar-refractivity contribution in [1.82, 2.24) is 5.32 Å². The van der Waals surface area contributed by atoms with Crippen LogP contribution < -0.4 is 5.32 Å². The summed E-state index contributed by atoms with van der Waals surface area (Å²) in [5, 5.41) is 21.9. The van der Waals surface area contributed by atoms with Crippen molar-refractivity contribution in [1.29, 1.82) is 5.26 Å². The van der Waals surface area contributed by atoms with Gasteiger partial charge in [-0.2, -0.15) is 5.26 Å². The predicted molar refractivity (Wildman–Crippen MR) is 69.6 cm³/mol. The van der Waals surface area contributed by atoms with Gasteiger partial charge in [0.25, 0.3) is 0 Å². The van der Waals surface area contributed by atoms with E-state index in [1.54, 1.807) is 0 Å². The molecule has 0 spiro atoms. The summed E-state index contributed by atoms with van der Waals surface area (Å²) in [6.45, 7) is 5.86. The van der Waals surface area contributed by atoms with Gasteiger partial charge in [-0.3, -0.25) is 4.79 Å². The van der Waals surface area contributed by atoms with Crippen molar-refractivity contribution in [3.8, 4) is 6.07 Å². The fourth-order valence-corrected chi connectivity index (χ4v) is 2.54. The summed E-state index contributed by atoms with van der Waals surface area (Å²) >= 11 is 0. The highest BCUT2D eigenvalue weighted by atomic mass is 16.3. The molecule has 0 aliphatic heterocycles. The van der Waals surface area contributed by atoms with Crippen LogP contribution in [-0.4, -0.2) is 22.7 Å². The molecule has 0 bridgehead atoms. The molecule has 1 saturated carbocycles. The van der Waals surface area contributed by atoms with E-state index in [-0.39, 0.29) is 18.2 Å². The van der Waals surface area contributed by atoms with Crippen LogP contribution in [0.15, 0.2) is 0 Å². The molecule has 0 saturated heterocycles. The average molecular weight is 252 g/mol. The van der Waals surface area contributed by atoms with Gasteiger partial charge in [0.05, 0.1) is 18.6 Å². The fraction of sp³-hybridized carbons (Fsp3) is 0.857. The highest BCUT2D eigenvalue weighted by Crippen LogP contribution is 2.31. The van der Waals surface area contributed by atoms with Crippen molar-refractivity contribution < 1.29 is 9.90 Å². The Balaban J connectivity index is 2.58. The molecular weight excluding hydrogens is 228 g/mol. The Morgan fingerprint density at radius 2 is 2.28 bits per heavy atom. The van der Waals surface area contributed by atoms with Crippen molar-refractivity contribution in [3.05, 3.63) is 0 Å². The monoisotopic (exact) mass is 252 g/mol. The number of aliphatic hydroxyl groups is 1. The van der Waals surface area contributed by atoms with Gasteiger partial charge in [-0.25, -0.2) is 0 Å². The lowest BCUT2D eigenvalue weighted by Gasteiger charge is -2.35. The standard InChI is InChI=1S/C14H24N2O2/c1-10(2)12(17)7-13(18)16-14(9-15)6-4-5-11(3)8-14/h10-12,17H,4-8H2,1-3H3,(H,16,18). The van der Waals surface area contributed by atoms with E-state index in [9.17, 15) is 15.2 Å². The Hall–Kier alpha value is -1.08. The third-order valence-electron chi connectivity index (χ3n) is 3.75. The molecule has 18 heavy (non-hydrogen) atoms. The highest BCUT2D eigenvalue weighted by molar-refractivity contribution is 5.77. The van der Waals surface area contributed by atoms with Gasteiger partial charge < -0.3 is 10.4 Å². The third-order valence-corrected chi connectivity index (χ3v) is 3.75. The zero-order chi connectivity index (χ0) is 13.8. The molecule has 3 unspecified atom stereocenters. The fourth-order valence-electron chi connectivity index (χ4n) is 2.54. The number of amides is 1. The van der Waals surface area contributed by atoms with Crippen molar-refractivity contribution in [2.24, 2.45) is 11.8 Å². The molecule has 1 rings (SSSR count). The summed E-state index contributed by atoms with van der Waals surface area (Å²) < 4.78 is 0. The number of nitrogens with one attached hydrogen (secondary N) is 1. The van der Waals surface area contributed by atoms with E-state index in [2.05, 4.69) is 18.3 Å². The molecule has 0 aromatic heterocycles. The molecule has 0 aromatic rings. The molecule has 2 N–H and O–H groups in total. The number of carbonyl (C=O) groups excluding carboxylic acids is 1. The lowest BCUT2D eigenvalue weighted by Crippen LogP contribution is -2.50. The summed E-state index contributed by atoms with van der Waals surface area (Å²) in [4.78, 5) is 11.9. The van der Waals surface area contributed by atoms with Gasteiger partial charge in [0.1, 0.15) is 5.54 Å². The second kappa shape index (κ2) is 6.19. The van der Waals surface area contributed by atoms with Gasteiger partial charge in [0.15, 0.2) is 0 Å². The van der Waals surface area contributed by atoms with Crippen molar-refractivity contribution in [3.63, 3.8) is 0 Å². The first-order valence-electron chi connectivity index (χ1n) is 6.79. The van der Waals surface area contributed by atoms with E-state index in [4.69, 9.17) is 0 Å². The smallest absolute Gasteiger partial charge is 0.223 e. The van der Waals surface area contributed by atoms with Crippen LogP contribution in [-0.2, 0) is 4.79 Å². The van der Waals surface area contributed by atoms with Crippen molar-refractivity contribution in [2.75, 3.05) is 0 Å². The Bertz CT molecular complexity index is 335. The first-order valence-corrected chi connectivity index (χ1v) is 6.79. The number of hydrogen-bond acceptors (Lipinski definition) is 3. The van der Waals surface area contributed by atoms with Crippen molar-refractivity contribution >= 4 is 5.91 Å². The number of carbonyl (C=O) groups is 1. The van der Waals surface area contributed by atoms with Crippen LogP contribution in [0.1, 0.15) is 52.9 Å². The Morgan fingerprint density at radius 3 is 2.78 bits per heavy atom. The number of rotatable bonds is 4. The molecule has 102 valence electrons. The minimum absolute atomic E-state index is 0.0547. The van der Waals surface area contributed by atoms with Gasteiger partial charge in [0, 0.05) is 0 Å². The molecule has 1 aliphatic rings. The maximum absolute atomic E-state index is 11.9. The van der Waals surface area contributed by atoms with Crippen LogP contribution in [0.4, 0.5) is 0 Å². The van der Waals surface area contributed by atoms with Crippen LogP contribution in [0.25, 0.3) is 0 Å². The Morgan fingerprint density at radius 1 is 1.61 bits per heavy atom. The Labute approximate surface area is 109 Å². The molecule has 0 heterocycles. The summed E-state index contributed by atoms with van der Waals surface area (Å²) in [6.07, 6.45) is 2.97. The number of aliphatic hydroxyl groups excluding tert-OH is 1. The van der Waals surface area contributed by atoms with Gasteiger partial charge in [-0.1, -0.05) is 27.2 Å². The first-order chi connectivity index (χ1) is 8.38. The molecule has 4 nitrogen and oxygen atoms in total. The molecule has 4 heteroatoms. The average Bonchev–Trinajstić information content (AvgIpc) is 2.28. The van der Waals surface area contributed by atoms with Crippen LogP contribution in [0.2, 0.25) is 0 Å². The van der Waals surface area contributed by atoms with Crippen LogP contribution in [0.5, 0.6) is 0 Å². The summed E-state index contributed by atoms with van der Waals surface area (Å²) in [5.74, 6) is 0.305. The van der Waals surface area contributed by atoms with Crippen molar-refractivity contribution in [2.45, 2.75) is 64.5 Å². The highest BCUT2D eigenvalue weighted by Gasteiger charge is 2.36. The van der Waals surface area contributed by atoms with E-state index in [1.807, 2.05) is 13.8 Å². The molecule has 1 fully saturated rings. The van der Waals surface area contributed by atoms with E-state index >= 15 is 0 Å². The second-order valence-electron chi connectivity index (χ2n) is 5.96. The number of nitrogens with zero attached hydrogens (tertiary/aromatic N) is 1. The van der Waals surface area contributed by atoms with Gasteiger partial charge >= 0.3 is 0 Å². The molecule has 0 radical (unpaired) electrons. The van der Waals surface area contributed by atoms with Gasteiger partial charge in [0.2, 0.25) is 5.91 Å². The molecule has 3 atom stereocenters. The van der Waals surface area contributed by atoms with E-state index in [0.717, 1.165) is 19.3 Å². The quantitative estimate of drug-likeness (QED) is 0.803. The zero-order valence-corrected chi connectivity index (χ0v) is 11.6. The predicted octanol–water partition coefficient (Wildman–Crippen LogP) is 1.98. The zero-order valence-electron chi connectivity index (χ0n) is 11.6. The minimum atomic E-state index is -0.717. The molecule has 1 amide bonds.